The van der Waals surface area contributed by atoms with Gasteiger partial charge in [0.05, 0.1) is 12.7 Å². The van der Waals surface area contributed by atoms with Crippen molar-refractivity contribution in [1.82, 2.24) is 21.1 Å². The molecule has 0 saturated carbocycles. The number of morpholine rings is 1. The summed E-state index contributed by atoms with van der Waals surface area (Å²) in [6.45, 7) is 3.87. The van der Waals surface area contributed by atoms with E-state index in [9.17, 15) is 27.6 Å². The minimum absolute atomic E-state index is 0.0417. The number of ether oxygens (including phenoxy) is 1. The molecule has 1 aliphatic heterocycles. The molecule has 1 fully saturated rings. The number of carbonyl (C=O) groups is 3. The van der Waals surface area contributed by atoms with Gasteiger partial charge >= 0.3 is 18.1 Å². The number of hydrazine groups is 1. The van der Waals surface area contributed by atoms with E-state index < -0.39 is 18.0 Å². The molecule has 2 rings (SSSR count). The molecule has 1 aromatic rings. The van der Waals surface area contributed by atoms with Gasteiger partial charge in [-0.3, -0.25) is 20.4 Å². The first-order valence-corrected chi connectivity index (χ1v) is 9.61. The number of amides is 4. The molecule has 4 amide bonds. The van der Waals surface area contributed by atoms with Crippen molar-refractivity contribution >= 4 is 17.8 Å². The van der Waals surface area contributed by atoms with Crippen LogP contribution in [0.1, 0.15) is 42.1 Å². The van der Waals surface area contributed by atoms with Gasteiger partial charge in [-0.05, 0) is 24.1 Å². The topological polar surface area (TPSA) is 99.8 Å². The summed E-state index contributed by atoms with van der Waals surface area (Å²) in [5, 5.41) is 2.80. The Labute approximate surface area is 172 Å². The molecule has 11 heteroatoms. The molecule has 0 spiro atoms. The maximum Gasteiger partial charge on any atom is 0.472 e. The van der Waals surface area contributed by atoms with Gasteiger partial charge in [-0.1, -0.05) is 31.9 Å². The monoisotopic (exact) mass is 430 g/mol. The van der Waals surface area contributed by atoms with Crippen LogP contribution >= 0.6 is 0 Å². The van der Waals surface area contributed by atoms with Gasteiger partial charge in [-0.15, -0.1) is 0 Å². The van der Waals surface area contributed by atoms with Crippen LogP contribution in [0.4, 0.5) is 18.0 Å². The molecule has 0 aliphatic carbocycles. The maximum absolute atomic E-state index is 12.4. The van der Waals surface area contributed by atoms with Crippen LogP contribution in [0, 0.1) is 0 Å². The largest absolute Gasteiger partial charge is 0.472 e. The Morgan fingerprint density at radius 1 is 1.17 bits per heavy atom. The number of nitrogens with zero attached hydrogens (tertiary/aromatic N) is 1. The summed E-state index contributed by atoms with van der Waals surface area (Å²) < 4.78 is 42.0. The van der Waals surface area contributed by atoms with E-state index in [2.05, 4.69) is 12.2 Å². The zero-order valence-corrected chi connectivity index (χ0v) is 16.6. The summed E-state index contributed by atoms with van der Waals surface area (Å²) in [4.78, 5) is 36.5. The van der Waals surface area contributed by atoms with Gasteiger partial charge in [0.15, 0.2) is 0 Å². The van der Waals surface area contributed by atoms with Crippen molar-refractivity contribution in [2.75, 3.05) is 19.7 Å². The van der Waals surface area contributed by atoms with Crippen LogP contribution in [0.5, 0.6) is 0 Å². The van der Waals surface area contributed by atoms with Gasteiger partial charge in [0.1, 0.15) is 0 Å². The summed E-state index contributed by atoms with van der Waals surface area (Å²) in [7, 11) is 0. The molecule has 30 heavy (non-hydrogen) atoms. The standard InChI is InChI=1S/C19H25F3N4O4/c1-2-3-4-15-12-26(9-10-30-15)18(29)23-11-13-5-7-14(8-6-13)16(27)24-25-17(28)19(20,21)22/h5-8,15H,2-4,9-12H2,1H3,(H,23,29)(H,24,27)(H,25,28). The minimum atomic E-state index is -5.09. The van der Waals surface area contributed by atoms with Gasteiger partial charge in [0.2, 0.25) is 0 Å². The zero-order chi connectivity index (χ0) is 22.1. The fourth-order valence-electron chi connectivity index (χ4n) is 2.83. The second-order valence-electron chi connectivity index (χ2n) is 6.84. The quantitative estimate of drug-likeness (QED) is 0.602. The third-order valence-corrected chi connectivity index (χ3v) is 4.51. The second-order valence-corrected chi connectivity index (χ2v) is 6.84. The van der Waals surface area contributed by atoms with Gasteiger partial charge in [0, 0.05) is 25.2 Å². The van der Waals surface area contributed by atoms with Crippen LogP contribution < -0.4 is 16.2 Å². The third kappa shape index (κ3) is 7.21. The molecule has 0 aromatic heterocycles. The number of nitrogens with one attached hydrogen (secondary N) is 3. The second kappa shape index (κ2) is 10.8. The van der Waals surface area contributed by atoms with E-state index in [0.29, 0.717) is 25.3 Å². The molecule has 1 unspecified atom stereocenters. The molecular formula is C19H25F3N4O4. The highest BCUT2D eigenvalue weighted by atomic mass is 19.4. The number of halogens is 3. The molecule has 166 valence electrons. The predicted molar refractivity (Wildman–Crippen MR) is 101 cm³/mol. The van der Waals surface area contributed by atoms with Crippen LogP contribution in [-0.4, -0.2) is 54.7 Å². The molecule has 0 bridgehead atoms. The van der Waals surface area contributed by atoms with Gasteiger partial charge < -0.3 is 15.0 Å². The van der Waals surface area contributed by atoms with E-state index in [1.807, 2.05) is 0 Å². The average molecular weight is 430 g/mol. The molecule has 3 N–H and O–H groups in total. The Morgan fingerprint density at radius 3 is 2.50 bits per heavy atom. The lowest BCUT2D eigenvalue weighted by molar-refractivity contribution is -0.174. The summed E-state index contributed by atoms with van der Waals surface area (Å²) >= 11 is 0. The maximum atomic E-state index is 12.4. The fraction of sp³-hybridized carbons (Fsp3) is 0.526. The summed E-state index contributed by atoms with van der Waals surface area (Å²) in [6, 6.07) is 5.67. The number of hydrogen-bond donors (Lipinski definition) is 3. The Balaban J connectivity index is 1.79. The molecule has 1 atom stereocenters. The van der Waals surface area contributed by atoms with Crippen molar-refractivity contribution in [2.24, 2.45) is 0 Å². The van der Waals surface area contributed by atoms with E-state index in [-0.39, 0.29) is 24.2 Å². The number of carbonyl (C=O) groups excluding carboxylic acids is 3. The van der Waals surface area contributed by atoms with Gasteiger partial charge in [-0.2, -0.15) is 13.2 Å². The van der Waals surface area contributed by atoms with Gasteiger partial charge in [-0.25, -0.2) is 4.79 Å². The van der Waals surface area contributed by atoms with Crippen LogP contribution in [0.3, 0.4) is 0 Å². The highest BCUT2D eigenvalue weighted by Gasteiger charge is 2.39. The lowest BCUT2D eigenvalue weighted by atomic mass is 10.1. The lowest BCUT2D eigenvalue weighted by Gasteiger charge is -2.33. The van der Waals surface area contributed by atoms with Crippen molar-refractivity contribution in [3.8, 4) is 0 Å². The highest BCUT2D eigenvalue weighted by molar-refractivity contribution is 5.95. The first-order chi connectivity index (χ1) is 14.2. The van der Waals surface area contributed by atoms with E-state index in [1.54, 1.807) is 22.5 Å². The Bertz CT molecular complexity index is 740. The molecule has 1 aliphatic rings. The molecule has 1 aromatic carbocycles. The van der Waals surface area contributed by atoms with Crippen molar-refractivity contribution < 1.29 is 32.3 Å². The number of hydrogen-bond acceptors (Lipinski definition) is 4. The fourth-order valence-corrected chi connectivity index (χ4v) is 2.83. The number of unbranched alkanes of at least 4 members (excludes halogenated alkanes) is 1. The molecule has 8 nitrogen and oxygen atoms in total. The SMILES string of the molecule is CCCCC1CN(C(=O)NCc2ccc(C(=O)NNC(=O)C(F)(F)F)cc2)CCO1. The van der Waals surface area contributed by atoms with Crippen molar-refractivity contribution in [2.45, 2.75) is 45.0 Å². The summed E-state index contributed by atoms with van der Waals surface area (Å²) in [6.07, 6.45) is -2.03. The Morgan fingerprint density at radius 2 is 1.87 bits per heavy atom. The predicted octanol–water partition coefficient (Wildman–Crippen LogP) is 2.11. The van der Waals surface area contributed by atoms with E-state index in [4.69, 9.17) is 4.74 Å². The van der Waals surface area contributed by atoms with E-state index in [1.165, 1.54) is 17.6 Å². The number of benzene rings is 1. The lowest BCUT2D eigenvalue weighted by Crippen LogP contribution is -2.49. The van der Waals surface area contributed by atoms with Crippen LogP contribution in [0.25, 0.3) is 0 Å². The number of alkyl halides is 3. The van der Waals surface area contributed by atoms with Gasteiger partial charge in [0.25, 0.3) is 5.91 Å². The zero-order valence-electron chi connectivity index (χ0n) is 16.6. The Kier molecular flexibility index (Phi) is 8.46. The first kappa shape index (κ1) is 23.5. The van der Waals surface area contributed by atoms with E-state index in [0.717, 1.165) is 19.3 Å². The third-order valence-electron chi connectivity index (χ3n) is 4.51. The molecule has 0 radical (unpaired) electrons. The number of urea groups is 1. The van der Waals surface area contributed by atoms with Crippen molar-refractivity contribution in [3.05, 3.63) is 35.4 Å². The first-order valence-electron chi connectivity index (χ1n) is 9.61. The Hall–Kier alpha value is -2.82. The van der Waals surface area contributed by atoms with Crippen LogP contribution in [0.15, 0.2) is 24.3 Å². The minimum Gasteiger partial charge on any atom is -0.375 e. The average Bonchev–Trinajstić information content (AvgIpc) is 2.73. The number of rotatable bonds is 6. The summed E-state index contributed by atoms with van der Waals surface area (Å²) in [5.74, 6) is -3.16. The molecular weight excluding hydrogens is 405 g/mol. The smallest absolute Gasteiger partial charge is 0.375 e. The normalized spacial score (nSPS) is 16.7. The molecule has 1 heterocycles. The van der Waals surface area contributed by atoms with Crippen molar-refractivity contribution in [1.29, 1.82) is 0 Å². The van der Waals surface area contributed by atoms with E-state index >= 15 is 0 Å². The molecule has 1 saturated heterocycles. The summed E-state index contributed by atoms with van der Waals surface area (Å²) in [5.41, 5.74) is 3.74. The highest BCUT2D eigenvalue weighted by Crippen LogP contribution is 2.14. The van der Waals surface area contributed by atoms with Crippen LogP contribution in [-0.2, 0) is 16.1 Å². The van der Waals surface area contributed by atoms with Crippen molar-refractivity contribution in [3.63, 3.8) is 0 Å². The van der Waals surface area contributed by atoms with Crippen LogP contribution in [0.2, 0.25) is 0 Å².